The summed E-state index contributed by atoms with van der Waals surface area (Å²) >= 11 is 0. The molecule has 2 aromatic rings. The molecule has 0 aliphatic heterocycles. The number of amides is 1. The zero-order valence-electron chi connectivity index (χ0n) is 16.0. The van der Waals surface area contributed by atoms with Gasteiger partial charge in [0.1, 0.15) is 16.4 Å². The summed E-state index contributed by atoms with van der Waals surface area (Å²) in [5, 5.41) is 2.77. The molecule has 0 fully saturated rings. The van der Waals surface area contributed by atoms with Gasteiger partial charge in [-0.2, -0.15) is 0 Å². The smallest absolute Gasteiger partial charge is 0.241 e. The van der Waals surface area contributed by atoms with E-state index in [1.54, 1.807) is 49.4 Å². The summed E-state index contributed by atoms with van der Waals surface area (Å²) in [7, 11) is -3.39. The van der Waals surface area contributed by atoms with Crippen molar-refractivity contribution in [2.45, 2.75) is 38.6 Å². The largest absolute Gasteiger partial charge is 0.456 e. The highest BCUT2D eigenvalue weighted by Crippen LogP contribution is 2.30. The van der Waals surface area contributed by atoms with E-state index in [9.17, 15) is 13.2 Å². The van der Waals surface area contributed by atoms with Crippen LogP contribution in [0.5, 0.6) is 11.5 Å². The molecule has 0 saturated carbocycles. The van der Waals surface area contributed by atoms with Gasteiger partial charge in [0.2, 0.25) is 5.91 Å². The predicted molar refractivity (Wildman–Crippen MR) is 107 cm³/mol. The van der Waals surface area contributed by atoms with Crippen LogP contribution in [0, 0.1) is 5.41 Å². The Hall–Kier alpha value is -2.38. The van der Waals surface area contributed by atoms with Gasteiger partial charge in [0.15, 0.2) is 9.84 Å². The van der Waals surface area contributed by atoms with E-state index in [2.05, 4.69) is 5.32 Å². The average Bonchev–Trinajstić information content (AvgIpc) is 2.62. The molecular weight excluding hydrogens is 364 g/mol. The molecule has 0 saturated heterocycles. The molecule has 1 amide bonds. The van der Waals surface area contributed by atoms with E-state index in [1.165, 1.54) is 6.07 Å². The highest BCUT2D eigenvalue weighted by molar-refractivity contribution is 7.91. The second-order valence-electron chi connectivity index (χ2n) is 7.31. The maximum absolute atomic E-state index is 12.2. The molecule has 0 heterocycles. The van der Waals surface area contributed by atoms with Gasteiger partial charge >= 0.3 is 0 Å². The lowest BCUT2D eigenvalue weighted by Gasteiger charge is -2.25. The maximum atomic E-state index is 12.2. The lowest BCUT2D eigenvalue weighted by Crippen LogP contribution is -2.45. The van der Waals surface area contributed by atoms with E-state index in [4.69, 9.17) is 10.5 Å². The third-order valence-corrected chi connectivity index (χ3v) is 5.90. The van der Waals surface area contributed by atoms with Crippen molar-refractivity contribution in [1.82, 2.24) is 0 Å². The highest BCUT2D eigenvalue weighted by atomic mass is 32.2. The third kappa shape index (κ3) is 5.30. The van der Waals surface area contributed by atoms with Crippen molar-refractivity contribution in [3.8, 4) is 11.5 Å². The molecule has 1 atom stereocenters. The molecule has 0 spiro atoms. The summed E-state index contributed by atoms with van der Waals surface area (Å²) in [6.45, 7) is 7.29. The van der Waals surface area contributed by atoms with E-state index < -0.39 is 15.9 Å². The Kier molecular flexibility index (Phi) is 6.28. The lowest BCUT2D eigenvalue weighted by atomic mass is 9.87. The number of ether oxygens (including phenoxy) is 1. The highest BCUT2D eigenvalue weighted by Gasteiger charge is 2.27. The van der Waals surface area contributed by atoms with Crippen molar-refractivity contribution in [3.05, 3.63) is 48.5 Å². The first-order valence-electron chi connectivity index (χ1n) is 8.71. The lowest BCUT2D eigenvalue weighted by molar-refractivity contribution is -0.119. The number of hydrogen-bond donors (Lipinski definition) is 2. The zero-order valence-corrected chi connectivity index (χ0v) is 16.8. The van der Waals surface area contributed by atoms with Gasteiger partial charge in [0.25, 0.3) is 0 Å². The van der Waals surface area contributed by atoms with Crippen LogP contribution in [0.4, 0.5) is 5.69 Å². The average molecular weight is 391 g/mol. The number of benzene rings is 2. The van der Waals surface area contributed by atoms with Crippen molar-refractivity contribution in [2.75, 3.05) is 11.1 Å². The molecule has 6 nitrogen and oxygen atoms in total. The summed E-state index contributed by atoms with van der Waals surface area (Å²) in [6, 6.07) is 12.6. The summed E-state index contributed by atoms with van der Waals surface area (Å²) in [5.41, 5.74) is 6.19. The molecule has 0 bridgehead atoms. The van der Waals surface area contributed by atoms with E-state index in [-0.39, 0.29) is 27.7 Å². The first-order chi connectivity index (χ1) is 12.5. The number of carbonyl (C=O) groups is 1. The Balaban J connectivity index is 2.15. The van der Waals surface area contributed by atoms with Gasteiger partial charge in [-0.3, -0.25) is 4.79 Å². The summed E-state index contributed by atoms with van der Waals surface area (Å²) in [6.07, 6.45) is 0. The van der Waals surface area contributed by atoms with Crippen molar-refractivity contribution >= 4 is 21.4 Å². The van der Waals surface area contributed by atoms with Crippen LogP contribution in [0.1, 0.15) is 27.7 Å². The van der Waals surface area contributed by atoms with Gasteiger partial charge in [-0.25, -0.2) is 8.42 Å². The van der Waals surface area contributed by atoms with Gasteiger partial charge in [0, 0.05) is 5.69 Å². The number of anilines is 1. The topological polar surface area (TPSA) is 98.5 Å². The Morgan fingerprint density at radius 2 is 1.70 bits per heavy atom. The van der Waals surface area contributed by atoms with Crippen LogP contribution in [-0.2, 0) is 14.6 Å². The molecule has 0 radical (unpaired) electrons. The minimum Gasteiger partial charge on any atom is -0.456 e. The minimum atomic E-state index is -3.39. The molecule has 0 aliphatic rings. The van der Waals surface area contributed by atoms with Crippen LogP contribution < -0.4 is 15.8 Å². The quantitative estimate of drug-likeness (QED) is 0.785. The van der Waals surface area contributed by atoms with Crippen molar-refractivity contribution < 1.29 is 17.9 Å². The van der Waals surface area contributed by atoms with Crippen molar-refractivity contribution in [2.24, 2.45) is 11.1 Å². The van der Waals surface area contributed by atoms with Crippen LogP contribution >= 0.6 is 0 Å². The first kappa shape index (κ1) is 20.9. The fraction of sp³-hybridized carbons (Fsp3) is 0.350. The van der Waals surface area contributed by atoms with Gasteiger partial charge in [-0.1, -0.05) is 39.8 Å². The van der Waals surface area contributed by atoms with Gasteiger partial charge < -0.3 is 15.8 Å². The molecular formula is C20H26N2O4S. The Morgan fingerprint density at radius 1 is 1.11 bits per heavy atom. The number of carbonyl (C=O) groups excluding carboxylic acids is 1. The molecule has 27 heavy (non-hydrogen) atoms. The molecule has 0 aliphatic carbocycles. The number of nitrogens with two attached hydrogens (primary N) is 1. The van der Waals surface area contributed by atoms with E-state index >= 15 is 0 Å². The SMILES string of the molecule is CCS(=O)(=O)c1ccccc1Oc1ccc(NC(=O)[C@@H](N)C(C)(C)C)cc1. The van der Waals surface area contributed by atoms with Crippen LogP contribution in [0.15, 0.2) is 53.4 Å². The molecule has 3 N–H and O–H groups in total. The van der Waals surface area contributed by atoms with Crippen LogP contribution in [0.25, 0.3) is 0 Å². The minimum absolute atomic E-state index is 0.00756. The normalized spacial score (nSPS) is 13.1. The second-order valence-corrected chi connectivity index (χ2v) is 9.56. The first-order valence-corrected chi connectivity index (χ1v) is 10.4. The van der Waals surface area contributed by atoms with Crippen LogP contribution in [0.2, 0.25) is 0 Å². The molecule has 0 aromatic heterocycles. The monoisotopic (exact) mass is 390 g/mol. The fourth-order valence-corrected chi connectivity index (χ4v) is 3.31. The third-order valence-electron chi connectivity index (χ3n) is 4.13. The van der Waals surface area contributed by atoms with E-state index in [0.717, 1.165) is 0 Å². The summed E-state index contributed by atoms with van der Waals surface area (Å²) < 4.78 is 30.1. The molecule has 7 heteroatoms. The number of sulfone groups is 1. The summed E-state index contributed by atoms with van der Waals surface area (Å²) in [4.78, 5) is 12.3. The van der Waals surface area contributed by atoms with E-state index in [1.807, 2.05) is 20.8 Å². The molecule has 2 rings (SSSR count). The van der Waals surface area contributed by atoms with Crippen LogP contribution in [-0.4, -0.2) is 26.1 Å². The number of hydrogen-bond acceptors (Lipinski definition) is 5. The van der Waals surface area contributed by atoms with Gasteiger partial charge in [0.05, 0.1) is 11.8 Å². The van der Waals surface area contributed by atoms with Gasteiger partial charge in [-0.05, 0) is 41.8 Å². The van der Waals surface area contributed by atoms with Crippen molar-refractivity contribution in [1.29, 1.82) is 0 Å². The standard InChI is InChI=1S/C20H26N2O4S/c1-5-27(24,25)17-9-7-6-8-16(17)26-15-12-10-14(11-13-15)22-19(23)18(21)20(2,3)4/h6-13,18H,5,21H2,1-4H3,(H,22,23)/t18-/m1/s1. The number of rotatable bonds is 6. The second kappa shape index (κ2) is 8.10. The van der Waals surface area contributed by atoms with E-state index in [0.29, 0.717) is 11.4 Å². The fourth-order valence-electron chi connectivity index (χ4n) is 2.29. The van der Waals surface area contributed by atoms with Crippen molar-refractivity contribution in [3.63, 3.8) is 0 Å². The Labute approximate surface area is 160 Å². The summed E-state index contributed by atoms with van der Waals surface area (Å²) in [5.74, 6) is 0.458. The maximum Gasteiger partial charge on any atom is 0.241 e. The number of para-hydroxylation sites is 1. The molecule has 2 aromatic carbocycles. The molecule has 0 unspecified atom stereocenters. The number of nitrogens with one attached hydrogen (secondary N) is 1. The molecule has 146 valence electrons. The predicted octanol–water partition coefficient (Wildman–Crippen LogP) is 3.58. The Morgan fingerprint density at radius 3 is 2.26 bits per heavy atom. The zero-order chi connectivity index (χ0) is 20.2. The van der Waals surface area contributed by atoms with Crippen LogP contribution in [0.3, 0.4) is 0 Å². The Bertz CT molecular complexity index is 900. The van der Waals surface area contributed by atoms with Gasteiger partial charge in [-0.15, -0.1) is 0 Å².